The summed E-state index contributed by atoms with van der Waals surface area (Å²) in [7, 11) is 0. The van der Waals surface area contributed by atoms with Gasteiger partial charge in [0.1, 0.15) is 6.04 Å². The highest BCUT2D eigenvalue weighted by Gasteiger charge is 2.49. The molecule has 5 nitrogen and oxygen atoms in total. The third kappa shape index (κ3) is 3.09. The van der Waals surface area contributed by atoms with E-state index < -0.39 is 12.0 Å². The Morgan fingerprint density at radius 2 is 2.04 bits per heavy atom. The molecule has 4 rings (SSSR count). The van der Waals surface area contributed by atoms with E-state index in [4.69, 9.17) is 0 Å². The molecule has 1 aromatic rings. The summed E-state index contributed by atoms with van der Waals surface area (Å²) < 4.78 is 0. The van der Waals surface area contributed by atoms with Crippen LogP contribution in [0.1, 0.15) is 37.7 Å². The number of aliphatic carboxylic acids is 1. The van der Waals surface area contributed by atoms with Crippen molar-refractivity contribution in [2.75, 3.05) is 19.6 Å². The van der Waals surface area contributed by atoms with Crippen molar-refractivity contribution in [1.82, 2.24) is 9.80 Å². The molecule has 24 heavy (non-hydrogen) atoms. The molecule has 1 N–H and O–H groups in total. The van der Waals surface area contributed by atoms with E-state index >= 15 is 0 Å². The van der Waals surface area contributed by atoms with Crippen LogP contribution >= 0.6 is 11.3 Å². The third-order valence-corrected chi connectivity index (χ3v) is 6.65. The van der Waals surface area contributed by atoms with Crippen LogP contribution in [0.3, 0.4) is 0 Å². The number of hydrogen-bond donors (Lipinski definition) is 1. The van der Waals surface area contributed by atoms with E-state index in [0.29, 0.717) is 12.5 Å². The number of carbonyl (C=O) groups is 2. The Morgan fingerprint density at radius 1 is 1.29 bits per heavy atom. The maximum absolute atomic E-state index is 12.2. The molecule has 2 aliphatic heterocycles. The largest absolute Gasteiger partial charge is 0.480 e. The van der Waals surface area contributed by atoms with Crippen LogP contribution in [0, 0.1) is 11.3 Å². The van der Waals surface area contributed by atoms with Crippen molar-refractivity contribution in [3.8, 4) is 0 Å². The Morgan fingerprint density at radius 3 is 2.62 bits per heavy atom. The summed E-state index contributed by atoms with van der Waals surface area (Å²) in [6.07, 6.45) is 4.70. The minimum absolute atomic E-state index is 0.0689. The van der Waals surface area contributed by atoms with Crippen molar-refractivity contribution in [3.05, 3.63) is 22.4 Å². The summed E-state index contributed by atoms with van der Waals surface area (Å²) in [5.41, 5.74) is 1.27. The first-order chi connectivity index (χ1) is 11.6. The predicted molar refractivity (Wildman–Crippen MR) is 91.7 cm³/mol. The third-order valence-electron chi connectivity index (χ3n) is 5.92. The van der Waals surface area contributed by atoms with Gasteiger partial charge in [0.2, 0.25) is 5.91 Å². The molecule has 1 atom stereocenters. The molecule has 0 radical (unpaired) electrons. The first-order valence-electron chi connectivity index (χ1n) is 8.83. The van der Waals surface area contributed by atoms with Gasteiger partial charge in [0.05, 0.1) is 0 Å². The zero-order chi connectivity index (χ0) is 16.7. The Balaban J connectivity index is 1.42. The number of amides is 1. The molecule has 1 spiro atoms. The summed E-state index contributed by atoms with van der Waals surface area (Å²) >= 11 is 1.65. The van der Waals surface area contributed by atoms with E-state index in [1.54, 1.807) is 11.3 Å². The second-order valence-corrected chi connectivity index (χ2v) is 8.47. The molecule has 0 bridgehead atoms. The average molecular weight is 348 g/mol. The van der Waals surface area contributed by atoms with Crippen molar-refractivity contribution in [2.45, 2.75) is 44.7 Å². The lowest BCUT2D eigenvalue weighted by Gasteiger charge is -2.39. The molecule has 3 fully saturated rings. The van der Waals surface area contributed by atoms with Crippen molar-refractivity contribution in [2.24, 2.45) is 11.3 Å². The van der Waals surface area contributed by atoms with Gasteiger partial charge in [-0.2, -0.15) is 11.3 Å². The van der Waals surface area contributed by atoms with Crippen LogP contribution in [0.25, 0.3) is 0 Å². The fraction of sp³-hybridized carbons (Fsp3) is 0.667. The summed E-state index contributed by atoms with van der Waals surface area (Å²) in [4.78, 5) is 28.1. The summed E-state index contributed by atoms with van der Waals surface area (Å²) in [5, 5.41) is 13.8. The van der Waals surface area contributed by atoms with Crippen LogP contribution in [0.2, 0.25) is 0 Å². The molecule has 1 aliphatic carbocycles. The average Bonchev–Trinajstić information content (AvgIpc) is 3.19. The molecule has 2 saturated heterocycles. The molecule has 3 heterocycles. The Kier molecular flexibility index (Phi) is 4.12. The van der Waals surface area contributed by atoms with Crippen molar-refractivity contribution in [1.29, 1.82) is 0 Å². The van der Waals surface area contributed by atoms with E-state index in [1.807, 2.05) is 10.3 Å². The lowest BCUT2D eigenvalue weighted by Crippen LogP contribution is -2.44. The van der Waals surface area contributed by atoms with Gasteiger partial charge in [0, 0.05) is 32.1 Å². The van der Waals surface area contributed by atoms with Gasteiger partial charge in [-0.15, -0.1) is 0 Å². The number of carbonyl (C=O) groups excluding carboxylic acids is 1. The van der Waals surface area contributed by atoms with Crippen LogP contribution in [0.4, 0.5) is 0 Å². The Labute approximate surface area is 146 Å². The first kappa shape index (κ1) is 16.1. The normalized spacial score (nSPS) is 26.8. The molecular formula is C18H24N2O3S. The Bertz CT molecular complexity index is 618. The van der Waals surface area contributed by atoms with E-state index in [-0.39, 0.29) is 11.3 Å². The second-order valence-electron chi connectivity index (χ2n) is 7.69. The minimum Gasteiger partial charge on any atom is -0.480 e. The molecule has 6 heteroatoms. The van der Waals surface area contributed by atoms with E-state index in [2.05, 4.69) is 16.3 Å². The maximum Gasteiger partial charge on any atom is 0.320 e. The van der Waals surface area contributed by atoms with Gasteiger partial charge >= 0.3 is 5.97 Å². The lowest BCUT2D eigenvalue weighted by molar-refractivity contribution is -0.142. The smallest absolute Gasteiger partial charge is 0.320 e. The number of nitrogens with zero attached hydrogens (tertiary/aromatic N) is 2. The molecule has 0 aromatic carbocycles. The van der Waals surface area contributed by atoms with Crippen LogP contribution in [-0.4, -0.2) is 52.5 Å². The lowest BCUT2D eigenvalue weighted by atomic mass is 9.76. The zero-order valence-electron chi connectivity index (χ0n) is 13.8. The topological polar surface area (TPSA) is 60.9 Å². The summed E-state index contributed by atoms with van der Waals surface area (Å²) in [6, 6.07) is 1.68. The van der Waals surface area contributed by atoms with Gasteiger partial charge in [-0.3, -0.25) is 14.5 Å². The number of carboxylic acids is 1. The summed E-state index contributed by atoms with van der Waals surface area (Å²) in [5.74, 6) is -0.101. The van der Waals surface area contributed by atoms with E-state index in [0.717, 1.165) is 51.7 Å². The van der Waals surface area contributed by atoms with Crippen LogP contribution in [0.15, 0.2) is 16.8 Å². The highest BCUT2D eigenvalue weighted by atomic mass is 32.1. The number of likely N-dealkylation sites (tertiary alicyclic amines) is 2. The number of rotatable bonds is 4. The van der Waals surface area contributed by atoms with Gasteiger partial charge in [0.25, 0.3) is 0 Å². The SMILES string of the molecule is O=C(O)C1CC2(CCN(C(=O)C3CC3)CC2)CN1Cc1ccsc1. The summed E-state index contributed by atoms with van der Waals surface area (Å²) in [6.45, 7) is 3.15. The van der Waals surface area contributed by atoms with Crippen molar-refractivity contribution >= 4 is 23.2 Å². The monoisotopic (exact) mass is 348 g/mol. The van der Waals surface area contributed by atoms with Gasteiger partial charge in [-0.25, -0.2) is 0 Å². The number of piperidine rings is 1. The second kappa shape index (κ2) is 6.15. The molecule has 1 amide bonds. The van der Waals surface area contributed by atoms with E-state index in [1.165, 1.54) is 5.56 Å². The van der Waals surface area contributed by atoms with Gasteiger partial charge in [0.15, 0.2) is 0 Å². The van der Waals surface area contributed by atoms with Gasteiger partial charge in [-0.1, -0.05) is 0 Å². The molecular weight excluding hydrogens is 324 g/mol. The van der Waals surface area contributed by atoms with Crippen LogP contribution < -0.4 is 0 Å². The quantitative estimate of drug-likeness (QED) is 0.908. The first-order valence-corrected chi connectivity index (χ1v) is 9.77. The fourth-order valence-electron chi connectivity index (χ4n) is 4.32. The zero-order valence-corrected chi connectivity index (χ0v) is 14.6. The molecule has 1 saturated carbocycles. The standard InChI is InChI=1S/C18H24N2O3S/c21-16(14-1-2-14)19-6-4-18(5-7-19)9-15(17(22)23)20(12-18)10-13-3-8-24-11-13/h3,8,11,14-15H,1-2,4-7,9-10,12H2,(H,22,23). The van der Waals surface area contributed by atoms with Gasteiger partial charge in [-0.05, 0) is 59.9 Å². The minimum atomic E-state index is -0.710. The number of hydrogen-bond acceptors (Lipinski definition) is 4. The van der Waals surface area contributed by atoms with Crippen molar-refractivity contribution < 1.29 is 14.7 Å². The van der Waals surface area contributed by atoms with Crippen molar-refractivity contribution in [3.63, 3.8) is 0 Å². The van der Waals surface area contributed by atoms with Gasteiger partial charge < -0.3 is 10.0 Å². The highest BCUT2D eigenvalue weighted by Crippen LogP contribution is 2.45. The molecule has 1 aromatic heterocycles. The number of thiophene rings is 1. The van der Waals surface area contributed by atoms with E-state index in [9.17, 15) is 14.7 Å². The highest BCUT2D eigenvalue weighted by molar-refractivity contribution is 7.07. The molecule has 1 unspecified atom stereocenters. The van der Waals surface area contributed by atoms with Crippen LogP contribution in [0.5, 0.6) is 0 Å². The van der Waals surface area contributed by atoms with Crippen LogP contribution in [-0.2, 0) is 16.1 Å². The molecule has 130 valence electrons. The predicted octanol–water partition coefficient (Wildman–Crippen LogP) is 2.43. The Hall–Kier alpha value is -1.40. The maximum atomic E-state index is 12.2. The fourth-order valence-corrected chi connectivity index (χ4v) is 4.98. The number of carboxylic acid groups (broad SMARTS) is 1. The molecule has 3 aliphatic rings.